The van der Waals surface area contributed by atoms with Gasteiger partial charge in [-0.2, -0.15) is 0 Å². The van der Waals surface area contributed by atoms with Gasteiger partial charge in [-0.05, 0) is 55.8 Å². The Hall–Kier alpha value is -2.91. The van der Waals surface area contributed by atoms with Crippen molar-refractivity contribution in [2.75, 3.05) is 32.6 Å². The first-order chi connectivity index (χ1) is 15.4. The molecule has 3 rings (SSSR count). The molecular weight excluding hydrogens is 428 g/mol. The molecule has 0 aromatic heterocycles. The van der Waals surface area contributed by atoms with Crippen molar-refractivity contribution in [1.29, 1.82) is 0 Å². The summed E-state index contributed by atoms with van der Waals surface area (Å²) < 4.78 is 33.3. The standard InChI is InChI=1S/C23H30N4O4S/c1-27(16-18-10-12-20(31-2)13-11-18)17-23(28)25-19-7-6-8-21(15-19)32(29,30)26-22-9-4-3-5-14-24-22/h6-8,10-13,15H,3-5,9,14,16-17H2,1-2H3,(H,24,26)(H,25,28). The Kier molecular flexibility index (Phi) is 8.24. The molecule has 0 bridgehead atoms. The number of benzene rings is 2. The molecule has 0 spiro atoms. The summed E-state index contributed by atoms with van der Waals surface area (Å²) in [6.07, 6.45) is 3.56. The van der Waals surface area contributed by atoms with E-state index in [2.05, 4.69) is 15.0 Å². The number of amides is 1. The maximum absolute atomic E-state index is 12.8. The predicted octanol–water partition coefficient (Wildman–Crippen LogP) is 3.02. The molecule has 1 heterocycles. The van der Waals surface area contributed by atoms with Gasteiger partial charge in [0, 0.05) is 25.2 Å². The summed E-state index contributed by atoms with van der Waals surface area (Å²) in [7, 11) is -0.289. The summed E-state index contributed by atoms with van der Waals surface area (Å²) in [6.45, 7) is 1.40. The molecule has 0 radical (unpaired) electrons. The van der Waals surface area contributed by atoms with Gasteiger partial charge < -0.3 is 10.1 Å². The number of anilines is 1. The second kappa shape index (κ2) is 11.1. The fourth-order valence-corrected chi connectivity index (χ4v) is 4.59. The van der Waals surface area contributed by atoms with Crippen LogP contribution in [0.15, 0.2) is 58.4 Å². The third-order valence-corrected chi connectivity index (χ3v) is 6.46. The minimum Gasteiger partial charge on any atom is -0.497 e. The van der Waals surface area contributed by atoms with Gasteiger partial charge in [-0.15, -0.1) is 0 Å². The van der Waals surface area contributed by atoms with Crippen molar-refractivity contribution in [2.45, 2.75) is 37.1 Å². The highest BCUT2D eigenvalue weighted by molar-refractivity contribution is 7.90. The number of likely N-dealkylation sites (N-methyl/N-ethyl adjacent to an activating group) is 1. The first-order valence-corrected chi connectivity index (χ1v) is 12.1. The van der Waals surface area contributed by atoms with Crippen molar-refractivity contribution in [3.8, 4) is 5.75 Å². The van der Waals surface area contributed by atoms with Crippen molar-refractivity contribution in [3.63, 3.8) is 0 Å². The number of aliphatic imine (C=N–C) groups is 1. The number of sulfonamides is 1. The van der Waals surface area contributed by atoms with Gasteiger partial charge in [0.2, 0.25) is 5.91 Å². The number of nitrogens with zero attached hydrogens (tertiary/aromatic N) is 2. The molecular formula is C23H30N4O4S. The van der Waals surface area contributed by atoms with Crippen LogP contribution in [0.1, 0.15) is 31.2 Å². The van der Waals surface area contributed by atoms with Crippen LogP contribution in [0.4, 0.5) is 5.69 Å². The summed E-state index contributed by atoms with van der Waals surface area (Å²) in [6, 6.07) is 13.9. The second-order valence-electron chi connectivity index (χ2n) is 7.84. The Morgan fingerprint density at radius 1 is 1.12 bits per heavy atom. The van der Waals surface area contributed by atoms with E-state index in [-0.39, 0.29) is 17.3 Å². The van der Waals surface area contributed by atoms with Crippen LogP contribution in [0.5, 0.6) is 5.75 Å². The van der Waals surface area contributed by atoms with Gasteiger partial charge in [-0.1, -0.05) is 24.6 Å². The molecule has 2 N–H and O–H groups in total. The Morgan fingerprint density at radius 3 is 2.66 bits per heavy atom. The molecule has 0 atom stereocenters. The molecule has 32 heavy (non-hydrogen) atoms. The molecule has 0 aliphatic carbocycles. The average Bonchev–Trinajstić information content (AvgIpc) is 3.02. The van der Waals surface area contributed by atoms with Crippen molar-refractivity contribution >= 4 is 27.5 Å². The number of rotatable bonds is 8. The molecule has 2 aromatic carbocycles. The summed E-state index contributed by atoms with van der Waals surface area (Å²) in [5.74, 6) is 1.05. The first kappa shape index (κ1) is 23.7. The zero-order valence-electron chi connectivity index (χ0n) is 18.5. The highest BCUT2D eigenvalue weighted by atomic mass is 32.2. The van der Waals surface area contributed by atoms with E-state index in [9.17, 15) is 13.2 Å². The number of methoxy groups -OCH3 is 1. The predicted molar refractivity (Wildman–Crippen MR) is 125 cm³/mol. The Balaban J connectivity index is 1.58. The van der Waals surface area contributed by atoms with Crippen molar-refractivity contribution in [3.05, 3.63) is 54.1 Å². The van der Waals surface area contributed by atoms with Gasteiger partial charge in [-0.3, -0.25) is 19.4 Å². The third kappa shape index (κ3) is 7.06. The maximum atomic E-state index is 12.8. The van der Waals surface area contributed by atoms with E-state index in [1.165, 1.54) is 12.1 Å². The quantitative estimate of drug-likeness (QED) is 0.633. The minimum atomic E-state index is -3.76. The number of carbonyl (C=O) groups excluding carboxylic acids is 1. The molecule has 0 fully saturated rings. The van der Waals surface area contributed by atoms with Crippen LogP contribution in [0, 0.1) is 0 Å². The monoisotopic (exact) mass is 458 g/mol. The summed E-state index contributed by atoms with van der Waals surface area (Å²) in [5, 5.41) is 2.78. The summed E-state index contributed by atoms with van der Waals surface area (Å²) in [4.78, 5) is 18.8. The molecule has 172 valence electrons. The molecule has 1 aliphatic heterocycles. The largest absolute Gasteiger partial charge is 0.497 e. The van der Waals surface area contributed by atoms with E-state index in [1.807, 2.05) is 36.2 Å². The average molecular weight is 459 g/mol. The molecule has 1 aliphatic rings. The van der Waals surface area contributed by atoms with Gasteiger partial charge >= 0.3 is 0 Å². The zero-order valence-corrected chi connectivity index (χ0v) is 19.3. The van der Waals surface area contributed by atoms with E-state index in [0.717, 1.165) is 30.6 Å². The number of amidine groups is 1. The number of carbonyl (C=O) groups is 1. The highest BCUT2D eigenvalue weighted by Gasteiger charge is 2.18. The first-order valence-electron chi connectivity index (χ1n) is 10.6. The van der Waals surface area contributed by atoms with Crippen LogP contribution in [-0.4, -0.2) is 52.3 Å². The molecule has 0 unspecified atom stereocenters. The number of hydrogen-bond acceptors (Lipinski definition) is 6. The van der Waals surface area contributed by atoms with Crippen molar-refractivity contribution in [2.24, 2.45) is 4.99 Å². The van der Waals surface area contributed by atoms with E-state index >= 15 is 0 Å². The topological polar surface area (TPSA) is 100 Å². The number of ether oxygens (including phenoxy) is 1. The van der Waals surface area contributed by atoms with Crippen LogP contribution in [-0.2, 0) is 21.4 Å². The smallest absolute Gasteiger partial charge is 0.262 e. The van der Waals surface area contributed by atoms with Crippen LogP contribution in [0.25, 0.3) is 0 Å². The van der Waals surface area contributed by atoms with Gasteiger partial charge in [-0.25, -0.2) is 8.42 Å². The lowest BCUT2D eigenvalue weighted by Crippen LogP contribution is -2.31. The van der Waals surface area contributed by atoms with Gasteiger partial charge in [0.15, 0.2) is 0 Å². The van der Waals surface area contributed by atoms with Crippen LogP contribution < -0.4 is 14.8 Å². The molecule has 0 saturated heterocycles. The van der Waals surface area contributed by atoms with Gasteiger partial charge in [0.05, 0.1) is 18.6 Å². The normalized spacial score (nSPS) is 14.4. The number of nitrogens with one attached hydrogen (secondary N) is 2. The lowest BCUT2D eigenvalue weighted by Gasteiger charge is -2.17. The van der Waals surface area contributed by atoms with Gasteiger partial charge in [0.1, 0.15) is 11.6 Å². The summed E-state index contributed by atoms with van der Waals surface area (Å²) >= 11 is 0. The van der Waals surface area contributed by atoms with E-state index in [1.54, 1.807) is 19.2 Å². The summed E-state index contributed by atoms with van der Waals surface area (Å²) in [5.41, 5.74) is 1.49. The minimum absolute atomic E-state index is 0.0915. The molecule has 2 aromatic rings. The van der Waals surface area contributed by atoms with Crippen LogP contribution in [0.2, 0.25) is 0 Å². The zero-order chi connectivity index (χ0) is 23.0. The lowest BCUT2D eigenvalue weighted by atomic mass is 10.2. The van der Waals surface area contributed by atoms with Gasteiger partial charge in [0.25, 0.3) is 10.0 Å². The Labute approximate surface area is 189 Å². The second-order valence-corrected chi connectivity index (χ2v) is 9.52. The van der Waals surface area contributed by atoms with E-state index in [0.29, 0.717) is 31.0 Å². The van der Waals surface area contributed by atoms with Crippen LogP contribution >= 0.6 is 0 Å². The third-order valence-electron chi connectivity index (χ3n) is 5.08. The van der Waals surface area contributed by atoms with E-state index in [4.69, 9.17) is 4.74 Å². The highest BCUT2D eigenvalue weighted by Crippen LogP contribution is 2.17. The molecule has 1 amide bonds. The molecule has 8 nitrogen and oxygen atoms in total. The fraction of sp³-hybridized carbons (Fsp3) is 0.391. The molecule has 0 saturated carbocycles. The van der Waals surface area contributed by atoms with Crippen molar-refractivity contribution in [1.82, 2.24) is 9.62 Å². The Bertz CT molecular complexity index is 1050. The Morgan fingerprint density at radius 2 is 1.91 bits per heavy atom. The maximum Gasteiger partial charge on any atom is 0.262 e. The van der Waals surface area contributed by atoms with E-state index < -0.39 is 10.0 Å². The number of hydrogen-bond donors (Lipinski definition) is 2. The van der Waals surface area contributed by atoms with Crippen LogP contribution in [0.3, 0.4) is 0 Å². The molecule has 9 heteroatoms. The SMILES string of the molecule is COc1ccc(CN(C)CC(=O)Nc2cccc(S(=O)(=O)NC3=NCCCCC3)c2)cc1. The fourth-order valence-electron chi connectivity index (χ4n) is 3.46. The van der Waals surface area contributed by atoms with Crippen molar-refractivity contribution < 1.29 is 17.9 Å². The lowest BCUT2D eigenvalue weighted by molar-refractivity contribution is -0.117.